The molecule has 0 atom stereocenters. The zero-order valence-corrected chi connectivity index (χ0v) is 13.4. The number of aromatic nitrogens is 1. The van der Waals surface area contributed by atoms with Gasteiger partial charge in [-0.2, -0.15) is 0 Å². The number of hydrogen-bond donors (Lipinski definition) is 1. The van der Waals surface area contributed by atoms with Crippen LogP contribution in [0.15, 0.2) is 26.8 Å². The zero-order valence-electron chi connectivity index (χ0n) is 10.2. The van der Waals surface area contributed by atoms with Crippen molar-refractivity contribution in [1.29, 1.82) is 0 Å². The Morgan fingerprint density at radius 3 is 2.67 bits per heavy atom. The molecule has 98 valence electrons. The van der Waals surface area contributed by atoms with Gasteiger partial charge in [0.05, 0.1) is 12.3 Å². The summed E-state index contributed by atoms with van der Waals surface area (Å²) in [5.74, 6) is 0.529. The summed E-state index contributed by atoms with van der Waals surface area (Å²) in [6, 6.07) is 1.98. The van der Waals surface area contributed by atoms with Crippen molar-refractivity contribution in [1.82, 2.24) is 4.98 Å². The molecule has 1 aromatic rings. The van der Waals surface area contributed by atoms with Gasteiger partial charge in [-0.25, -0.2) is 0 Å². The summed E-state index contributed by atoms with van der Waals surface area (Å²) in [5, 5.41) is 9.56. The van der Waals surface area contributed by atoms with Crippen LogP contribution in [0, 0.1) is 5.92 Å². The van der Waals surface area contributed by atoms with Crippen LogP contribution >= 0.6 is 31.9 Å². The number of nitrogens with zero attached hydrogens (tertiary/aromatic N) is 1. The molecule has 1 N–H and O–H groups in total. The molecule has 1 heterocycles. The number of halogens is 2. The predicted octanol–water partition coefficient (Wildman–Crippen LogP) is 4.56. The second-order valence-electron chi connectivity index (χ2n) is 4.73. The van der Waals surface area contributed by atoms with Gasteiger partial charge in [-0.15, -0.1) is 0 Å². The van der Waals surface area contributed by atoms with E-state index in [4.69, 9.17) is 0 Å². The number of rotatable bonds is 3. The first-order chi connectivity index (χ1) is 8.70. The fourth-order valence-corrected chi connectivity index (χ4v) is 3.57. The highest BCUT2D eigenvalue weighted by atomic mass is 79.9. The third kappa shape index (κ3) is 3.65. The minimum atomic E-state index is 0.134. The molecule has 2 nitrogen and oxygen atoms in total. The SMILES string of the molecule is OCC(=Cc1ncc(Br)cc1Br)C1CCCCC1. The molecule has 0 radical (unpaired) electrons. The summed E-state index contributed by atoms with van der Waals surface area (Å²) >= 11 is 6.90. The molecule has 0 aliphatic heterocycles. The van der Waals surface area contributed by atoms with E-state index < -0.39 is 0 Å². The van der Waals surface area contributed by atoms with Crippen molar-refractivity contribution in [2.24, 2.45) is 5.92 Å². The maximum absolute atomic E-state index is 9.56. The minimum absolute atomic E-state index is 0.134. The lowest BCUT2D eigenvalue weighted by atomic mass is 9.83. The van der Waals surface area contributed by atoms with Crippen LogP contribution < -0.4 is 0 Å². The van der Waals surface area contributed by atoms with Crippen molar-refractivity contribution in [2.45, 2.75) is 32.1 Å². The van der Waals surface area contributed by atoms with Gasteiger partial charge in [0.1, 0.15) is 0 Å². The molecule has 4 heteroatoms. The first-order valence-electron chi connectivity index (χ1n) is 6.33. The molecule has 0 amide bonds. The quantitative estimate of drug-likeness (QED) is 0.840. The van der Waals surface area contributed by atoms with Gasteiger partial charge in [-0.1, -0.05) is 19.3 Å². The third-order valence-corrected chi connectivity index (χ3v) is 4.54. The first kappa shape index (κ1) is 14.2. The van der Waals surface area contributed by atoms with Gasteiger partial charge in [0.15, 0.2) is 0 Å². The van der Waals surface area contributed by atoms with E-state index in [1.807, 2.05) is 12.1 Å². The molecule has 0 aromatic carbocycles. The lowest BCUT2D eigenvalue weighted by molar-refractivity contribution is 0.295. The van der Waals surface area contributed by atoms with Crippen molar-refractivity contribution in [3.05, 3.63) is 32.5 Å². The summed E-state index contributed by atoms with van der Waals surface area (Å²) in [4.78, 5) is 4.38. The van der Waals surface area contributed by atoms with Crippen LogP contribution in [-0.4, -0.2) is 16.7 Å². The van der Waals surface area contributed by atoms with Crippen molar-refractivity contribution in [2.75, 3.05) is 6.61 Å². The third-order valence-electron chi connectivity index (χ3n) is 3.47. The minimum Gasteiger partial charge on any atom is -0.392 e. The second-order valence-corrected chi connectivity index (χ2v) is 6.50. The molecule has 1 aromatic heterocycles. The maximum atomic E-state index is 9.56. The summed E-state index contributed by atoms with van der Waals surface area (Å²) in [5.41, 5.74) is 2.01. The fourth-order valence-electron chi connectivity index (χ4n) is 2.47. The van der Waals surface area contributed by atoms with Crippen LogP contribution in [0.2, 0.25) is 0 Å². The van der Waals surface area contributed by atoms with Crippen molar-refractivity contribution >= 4 is 37.9 Å². The Labute approximate surface area is 125 Å². The smallest absolute Gasteiger partial charge is 0.0772 e. The van der Waals surface area contributed by atoms with Crippen LogP contribution in [0.3, 0.4) is 0 Å². The molecule has 18 heavy (non-hydrogen) atoms. The van der Waals surface area contributed by atoms with Gasteiger partial charge in [-0.05, 0) is 68.3 Å². The molecule has 0 spiro atoms. The molecule has 1 fully saturated rings. The monoisotopic (exact) mass is 373 g/mol. The Kier molecular flexibility index (Phi) is 5.39. The molecule has 1 saturated carbocycles. The maximum Gasteiger partial charge on any atom is 0.0772 e. The Bertz CT molecular complexity index is 439. The van der Waals surface area contributed by atoms with E-state index in [2.05, 4.69) is 36.8 Å². The molecule has 0 unspecified atom stereocenters. The molecule has 0 bridgehead atoms. The number of aliphatic hydroxyl groups is 1. The standard InChI is InChI=1S/C14H17Br2NO/c15-12-7-13(16)14(17-8-12)6-11(9-18)10-4-2-1-3-5-10/h6-8,10,18H,1-5,9H2. The second kappa shape index (κ2) is 6.83. The van der Waals surface area contributed by atoms with Gasteiger partial charge < -0.3 is 5.11 Å². The van der Waals surface area contributed by atoms with Crippen LogP contribution in [0.4, 0.5) is 0 Å². The van der Waals surface area contributed by atoms with E-state index >= 15 is 0 Å². The van der Waals surface area contributed by atoms with Gasteiger partial charge in [-0.3, -0.25) is 4.98 Å². The summed E-state index contributed by atoms with van der Waals surface area (Å²) in [6.45, 7) is 0.134. The van der Waals surface area contributed by atoms with Crippen molar-refractivity contribution in [3.8, 4) is 0 Å². The fraction of sp³-hybridized carbons (Fsp3) is 0.500. The Balaban J connectivity index is 2.22. The predicted molar refractivity (Wildman–Crippen MR) is 81.3 cm³/mol. The normalized spacial score (nSPS) is 18.1. The van der Waals surface area contributed by atoms with E-state index in [1.54, 1.807) is 6.20 Å². The molecular weight excluding hydrogens is 358 g/mol. The molecule has 0 saturated heterocycles. The Hall–Kier alpha value is -0.190. The van der Waals surface area contributed by atoms with E-state index in [9.17, 15) is 5.11 Å². The van der Waals surface area contributed by atoms with Gasteiger partial charge in [0.25, 0.3) is 0 Å². The van der Waals surface area contributed by atoms with Gasteiger partial charge >= 0.3 is 0 Å². The molecule has 2 rings (SSSR count). The summed E-state index contributed by atoms with van der Waals surface area (Å²) < 4.78 is 1.91. The summed E-state index contributed by atoms with van der Waals surface area (Å²) in [6.07, 6.45) is 10.1. The lowest BCUT2D eigenvalue weighted by Crippen LogP contribution is -2.11. The van der Waals surface area contributed by atoms with Gasteiger partial charge in [0.2, 0.25) is 0 Å². The highest BCUT2D eigenvalue weighted by Crippen LogP contribution is 2.31. The average Bonchev–Trinajstić information content (AvgIpc) is 2.39. The average molecular weight is 375 g/mol. The van der Waals surface area contributed by atoms with E-state index in [0.29, 0.717) is 5.92 Å². The zero-order chi connectivity index (χ0) is 13.0. The number of aliphatic hydroxyl groups excluding tert-OH is 1. The van der Waals surface area contributed by atoms with Crippen LogP contribution in [-0.2, 0) is 0 Å². The Morgan fingerprint density at radius 1 is 1.33 bits per heavy atom. The lowest BCUT2D eigenvalue weighted by Gasteiger charge is -2.23. The molecular formula is C14H17Br2NO. The molecule has 1 aliphatic rings. The van der Waals surface area contributed by atoms with Crippen molar-refractivity contribution in [3.63, 3.8) is 0 Å². The topological polar surface area (TPSA) is 33.1 Å². The van der Waals surface area contributed by atoms with E-state index in [0.717, 1.165) is 20.2 Å². The van der Waals surface area contributed by atoms with Crippen LogP contribution in [0.1, 0.15) is 37.8 Å². The largest absolute Gasteiger partial charge is 0.392 e. The number of pyridine rings is 1. The van der Waals surface area contributed by atoms with Crippen LogP contribution in [0.25, 0.3) is 6.08 Å². The summed E-state index contributed by atoms with van der Waals surface area (Å²) in [7, 11) is 0. The van der Waals surface area contributed by atoms with Crippen molar-refractivity contribution < 1.29 is 5.11 Å². The van der Waals surface area contributed by atoms with E-state index in [1.165, 1.54) is 32.1 Å². The highest BCUT2D eigenvalue weighted by molar-refractivity contribution is 9.11. The van der Waals surface area contributed by atoms with Gasteiger partial charge in [0, 0.05) is 15.1 Å². The molecule has 1 aliphatic carbocycles. The number of hydrogen-bond acceptors (Lipinski definition) is 2. The highest BCUT2D eigenvalue weighted by Gasteiger charge is 2.17. The van der Waals surface area contributed by atoms with Crippen LogP contribution in [0.5, 0.6) is 0 Å². The Morgan fingerprint density at radius 2 is 2.06 bits per heavy atom. The van der Waals surface area contributed by atoms with E-state index in [-0.39, 0.29) is 6.61 Å². The first-order valence-corrected chi connectivity index (χ1v) is 7.91.